The SMILES string of the molecule is CC1(C)c2ccccc2-c2cc3c(cc21)sc1ccc(-c2ccc4ccc5c(-c6ccc(-c7ccccc7)cc6)ccc6ccc2c4c65)cc13. The molecule has 0 bridgehead atoms. The van der Waals surface area contributed by atoms with Crippen molar-refractivity contribution in [1.82, 2.24) is 0 Å². The van der Waals surface area contributed by atoms with E-state index in [1.165, 1.54) is 108 Å². The number of hydrogen-bond donors (Lipinski definition) is 0. The molecule has 0 aliphatic heterocycles. The first kappa shape index (κ1) is 28.1. The normalized spacial score (nSPS) is 13.6. The summed E-state index contributed by atoms with van der Waals surface area (Å²) in [5, 5.41) is 10.6. The van der Waals surface area contributed by atoms with Crippen LogP contribution in [0.25, 0.3) is 97.0 Å². The van der Waals surface area contributed by atoms with Gasteiger partial charge in [-0.2, -0.15) is 0 Å². The van der Waals surface area contributed by atoms with Gasteiger partial charge in [-0.25, -0.2) is 0 Å². The molecule has 9 aromatic carbocycles. The molecule has 1 heterocycles. The summed E-state index contributed by atoms with van der Waals surface area (Å²) in [6.45, 7) is 4.74. The highest BCUT2D eigenvalue weighted by molar-refractivity contribution is 7.25. The summed E-state index contributed by atoms with van der Waals surface area (Å²) < 4.78 is 2.72. The molecule has 0 unspecified atom stereocenters. The van der Waals surface area contributed by atoms with Gasteiger partial charge in [0.1, 0.15) is 0 Å². The lowest BCUT2D eigenvalue weighted by Gasteiger charge is -2.21. The predicted octanol–water partition coefficient (Wildman–Crippen LogP) is 14.3. The zero-order valence-corrected chi connectivity index (χ0v) is 28.7. The van der Waals surface area contributed by atoms with Crippen LogP contribution in [0, 0.1) is 0 Å². The lowest BCUT2D eigenvalue weighted by Crippen LogP contribution is -2.14. The number of thiophene rings is 1. The Morgan fingerprint density at radius 2 is 0.940 bits per heavy atom. The number of rotatable bonds is 3. The van der Waals surface area contributed by atoms with Crippen molar-refractivity contribution in [3.05, 3.63) is 169 Å². The largest absolute Gasteiger partial charge is 0.135 e. The Morgan fingerprint density at radius 1 is 0.360 bits per heavy atom. The van der Waals surface area contributed by atoms with Crippen LogP contribution in [-0.4, -0.2) is 0 Å². The zero-order valence-electron chi connectivity index (χ0n) is 27.9. The van der Waals surface area contributed by atoms with E-state index in [0.29, 0.717) is 0 Å². The van der Waals surface area contributed by atoms with Crippen molar-refractivity contribution in [2.45, 2.75) is 19.3 Å². The second-order valence-electron chi connectivity index (χ2n) is 14.5. The van der Waals surface area contributed by atoms with Crippen LogP contribution >= 0.6 is 11.3 Å². The predicted molar refractivity (Wildman–Crippen MR) is 217 cm³/mol. The van der Waals surface area contributed by atoms with Crippen molar-refractivity contribution in [2.75, 3.05) is 0 Å². The molecule has 0 N–H and O–H groups in total. The number of benzene rings is 9. The van der Waals surface area contributed by atoms with Gasteiger partial charge in [-0.15, -0.1) is 11.3 Å². The molecule has 0 saturated heterocycles. The van der Waals surface area contributed by atoms with E-state index in [0.717, 1.165) is 0 Å². The van der Waals surface area contributed by atoms with Gasteiger partial charge >= 0.3 is 0 Å². The minimum absolute atomic E-state index is 0.00858. The number of fused-ring (bicyclic) bond motifs is 6. The third-order valence-corrected chi connectivity index (χ3v) is 12.6. The molecule has 0 amide bonds. The smallest absolute Gasteiger partial charge is 0.0358 e. The van der Waals surface area contributed by atoms with Gasteiger partial charge in [-0.3, -0.25) is 0 Å². The molecule has 10 aromatic rings. The van der Waals surface area contributed by atoms with E-state index in [-0.39, 0.29) is 5.41 Å². The standard InChI is InChI=1S/C49H32S/c1-49(2)43-11-7-6-10-37(43)40-27-42-41-26-34(20-25-45(41)50-46(42)28-44(40)49)36-22-17-33-18-23-38-35(21-16-32-19-24-39(36)48(33)47(32)38)31-14-12-30(13-15-31)29-8-4-3-5-9-29/h3-28H,1-2H3. The van der Waals surface area contributed by atoms with Gasteiger partial charge in [0.15, 0.2) is 0 Å². The van der Waals surface area contributed by atoms with Crippen molar-refractivity contribution in [3.8, 4) is 44.5 Å². The van der Waals surface area contributed by atoms with E-state index < -0.39 is 0 Å². The molecular weight excluding hydrogens is 621 g/mol. The van der Waals surface area contributed by atoms with Crippen molar-refractivity contribution < 1.29 is 0 Å². The molecule has 0 radical (unpaired) electrons. The van der Waals surface area contributed by atoms with Gasteiger partial charge in [-0.1, -0.05) is 147 Å². The molecule has 234 valence electrons. The first-order chi connectivity index (χ1) is 24.5. The van der Waals surface area contributed by atoms with Gasteiger partial charge in [0.2, 0.25) is 0 Å². The third kappa shape index (κ3) is 3.87. The summed E-state index contributed by atoms with van der Waals surface area (Å²) in [6, 6.07) is 59.2. The van der Waals surface area contributed by atoms with E-state index in [4.69, 9.17) is 0 Å². The molecule has 0 fully saturated rings. The zero-order chi connectivity index (χ0) is 33.1. The summed E-state index contributed by atoms with van der Waals surface area (Å²) in [5.74, 6) is 0. The molecular formula is C49H32S. The Balaban J connectivity index is 1.08. The Kier molecular flexibility index (Phi) is 5.70. The summed E-state index contributed by atoms with van der Waals surface area (Å²) >= 11 is 1.92. The minimum atomic E-state index is 0.00858. The maximum absolute atomic E-state index is 2.47. The lowest BCUT2D eigenvalue weighted by molar-refractivity contribution is 0.661. The molecule has 0 nitrogen and oxygen atoms in total. The van der Waals surface area contributed by atoms with Gasteiger partial charge in [0.05, 0.1) is 0 Å². The summed E-state index contributed by atoms with van der Waals surface area (Å²) in [6.07, 6.45) is 0. The highest BCUT2D eigenvalue weighted by Crippen LogP contribution is 2.52. The molecule has 1 aromatic heterocycles. The highest BCUT2D eigenvalue weighted by atomic mass is 32.1. The van der Waals surface area contributed by atoms with Gasteiger partial charge < -0.3 is 0 Å². The van der Waals surface area contributed by atoms with Crippen molar-refractivity contribution in [1.29, 1.82) is 0 Å². The van der Waals surface area contributed by atoms with Crippen LogP contribution in [0.15, 0.2) is 158 Å². The fraction of sp³-hybridized carbons (Fsp3) is 0.0612. The van der Waals surface area contributed by atoms with Crippen LogP contribution in [0.3, 0.4) is 0 Å². The van der Waals surface area contributed by atoms with Crippen LogP contribution in [0.5, 0.6) is 0 Å². The molecule has 1 heteroatoms. The lowest BCUT2D eigenvalue weighted by atomic mass is 9.82. The maximum Gasteiger partial charge on any atom is 0.0358 e. The molecule has 0 atom stereocenters. The van der Waals surface area contributed by atoms with E-state index in [1.807, 2.05) is 11.3 Å². The second-order valence-corrected chi connectivity index (χ2v) is 15.6. The Bertz CT molecular complexity index is 2980. The topological polar surface area (TPSA) is 0 Å². The van der Waals surface area contributed by atoms with Crippen LogP contribution < -0.4 is 0 Å². The van der Waals surface area contributed by atoms with E-state index in [9.17, 15) is 0 Å². The Labute approximate surface area is 295 Å². The average Bonchev–Trinajstić information content (AvgIpc) is 3.64. The third-order valence-electron chi connectivity index (χ3n) is 11.5. The van der Waals surface area contributed by atoms with E-state index >= 15 is 0 Å². The van der Waals surface area contributed by atoms with Gasteiger partial charge in [0.25, 0.3) is 0 Å². The first-order valence-corrected chi connectivity index (χ1v) is 18.3. The molecule has 0 spiro atoms. The molecule has 1 aliphatic carbocycles. The minimum Gasteiger partial charge on any atom is -0.135 e. The highest BCUT2D eigenvalue weighted by Gasteiger charge is 2.35. The molecule has 1 aliphatic rings. The molecule has 0 saturated carbocycles. The first-order valence-electron chi connectivity index (χ1n) is 17.5. The Morgan fingerprint density at radius 3 is 1.68 bits per heavy atom. The van der Waals surface area contributed by atoms with Crippen LogP contribution in [0.4, 0.5) is 0 Å². The fourth-order valence-corrected chi connectivity index (χ4v) is 10.0. The van der Waals surface area contributed by atoms with Crippen LogP contribution in [-0.2, 0) is 5.41 Å². The number of hydrogen-bond acceptors (Lipinski definition) is 1. The summed E-state index contributed by atoms with van der Waals surface area (Å²) in [7, 11) is 0. The van der Waals surface area contributed by atoms with Crippen LogP contribution in [0.1, 0.15) is 25.0 Å². The Hall–Kier alpha value is -5.76. The van der Waals surface area contributed by atoms with Crippen LogP contribution in [0.2, 0.25) is 0 Å². The van der Waals surface area contributed by atoms with E-state index in [1.54, 1.807) is 0 Å². The van der Waals surface area contributed by atoms with E-state index in [2.05, 4.69) is 172 Å². The molecule has 50 heavy (non-hydrogen) atoms. The quantitative estimate of drug-likeness (QED) is 0.167. The van der Waals surface area contributed by atoms with Gasteiger partial charge in [-0.05, 0) is 112 Å². The second kappa shape index (κ2) is 10.1. The summed E-state index contributed by atoms with van der Waals surface area (Å²) in [4.78, 5) is 0. The average molecular weight is 653 g/mol. The fourth-order valence-electron chi connectivity index (χ4n) is 8.92. The van der Waals surface area contributed by atoms with Crippen molar-refractivity contribution >= 4 is 63.8 Å². The monoisotopic (exact) mass is 652 g/mol. The summed E-state index contributed by atoms with van der Waals surface area (Å²) in [5.41, 5.74) is 13.2. The molecule has 11 rings (SSSR count). The van der Waals surface area contributed by atoms with Gasteiger partial charge in [0, 0.05) is 25.6 Å². The maximum atomic E-state index is 2.47. The van der Waals surface area contributed by atoms with Crippen molar-refractivity contribution in [2.24, 2.45) is 0 Å². The van der Waals surface area contributed by atoms with Crippen molar-refractivity contribution in [3.63, 3.8) is 0 Å².